The Hall–Kier alpha value is -2.89. The van der Waals surface area contributed by atoms with Gasteiger partial charge in [0.1, 0.15) is 5.69 Å². The first-order chi connectivity index (χ1) is 12.1. The van der Waals surface area contributed by atoms with Gasteiger partial charge in [-0.1, -0.05) is 35.5 Å². The summed E-state index contributed by atoms with van der Waals surface area (Å²) in [6.07, 6.45) is 1.89. The number of aryl methyl sites for hydroxylation is 2. The van der Waals surface area contributed by atoms with Gasteiger partial charge < -0.3 is 14.0 Å². The van der Waals surface area contributed by atoms with Gasteiger partial charge in [-0.2, -0.15) is 4.98 Å². The van der Waals surface area contributed by atoms with Crippen molar-refractivity contribution in [2.75, 3.05) is 13.1 Å². The second-order valence-corrected chi connectivity index (χ2v) is 6.52. The van der Waals surface area contributed by atoms with Crippen LogP contribution < -0.4 is 0 Å². The summed E-state index contributed by atoms with van der Waals surface area (Å²) in [5.41, 5.74) is 1.87. The van der Waals surface area contributed by atoms with Crippen LogP contribution >= 0.6 is 0 Å². The lowest BCUT2D eigenvalue weighted by Gasteiger charge is -2.17. The van der Waals surface area contributed by atoms with Gasteiger partial charge in [-0.3, -0.25) is 4.79 Å². The molecule has 0 spiro atoms. The monoisotopic (exact) mass is 336 g/mol. The molecular weight excluding hydrogens is 316 g/mol. The molecule has 1 aromatic carbocycles. The second kappa shape index (κ2) is 6.20. The van der Waals surface area contributed by atoms with Gasteiger partial charge in [-0.05, 0) is 24.6 Å². The molecule has 3 heterocycles. The molecule has 1 amide bonds. The molecule has 1 fully saturated rings. The van der Waals surface area contributed by atoms with Gasteiger partial charge in [-0.25, -0.2) is 0 Å². The fourth-order valence-electron chi connectivity index (χ4n) is 3.57. The molecule has 0 N–H and O–H groups in total. The number of carbonyl (C=O) groups is 1. The van der Waals surface area contributed by atoms with Gasteiger partial charge >= 0.3 is 0 Å². The van der Waals surface area contributed by atoms with E-state index in [2.05, 4.69) is 22.3 Å². The standard InChI is InChI=1S/C19H20N4O2/c1-13-20-18(25-21-13)16-12-23(19(24)17-9-6-10-22(17)2)11-15(16)14-7-4-3-5-8-14/h3-10,15-16H,11-12H2,1-2H3/t15-,16-/m0/s1. The highest BCUT2D eigenvalue weighted by molar-refractivity contribution is 5.93. The molecule has 0 radical (unpaired) electrons. The Bertz CT molecular complexity index is 884. The Labute approximate surface area is 146 Å². The zero-order valence-electron chi connectivity index (χ0n) is 14.3. The van der Waals surface area contributed by atoms with Crippen LogP contribution in [-0.4, -0.2) is 38.6 Å². The maximum atomic E-state index is 12.9. The molecule has 0 saturated carbocycles. The molecule has 1 aliphatic rings. The van der Waals surface area contributed by atoms with Crippen LogP contribution in [0.25, 0.3) is 0 Å². The van der Waals surface area contributed by atoms with Crippen molar-refractivity contribution in [2.45, 2.75) is 18.8 Å². The number of rotatable bonds is 3. The zero-order chi connectivity index (χ0) is 17.4. The lowest BCUT2D eigenvalue weighted by molar-refractivity contribution is 0.0778. The third kappa shape index (κ3) is 2.84. The molecule has 128 valence electrons. The third-order valence-electron chi connectivity index (χ3n) is 4.86. The number of likely N-dealkylation sites (tertiary alicyclic amines) is 1. The number of aromatic nitrogens is 3. The summed E-state index contributed by atoms with van der Waals surface area (Å²) in [5.74, 6) is 1.41. The SMILES string of the molecule is Cc1noc([C@H]2CN(C(=O)c3cccn3C)C[C@H]2c2ccccc2)n1. The maximum absolute atomic E-state index is 12.9. The molecule has 6 heteroatoms. The van der Waals surface area contributed by atoms with Crippen LogP contribution in [0.15, 0.2) is 53.2 Å². The Morgan fingerprint density at radius 3 is 2.52 bits per heavy atom. The van der Waals surface area contributed by atoms with E-state index in [1.165, 1.54) is 5.56 Å². The fourth-order valence-corrected chi connectivity index (χ4v) is 3.57. The normalized spacial score (nSPS) is 20.2. The van der Waals surface area contributed by atoms with Crippen LogP contribution in [-0.2, 0) is 7.05 Å². The second-order valence-electron chi connectivity index (χ2n) is 6.52. The summed E-state index contributed by atoms with van der Waals surface area (Å²) in [6.45, 7) is 3.03. The number of benzene rings is 1. The van der Waals surface area contributed by atoms with Gasteiger partial charge in [0.05, 0.1) is 5.92 Å². The highest BCUT2D eigenvalue weighted by atomic mass is 16.5. The Morgan fingerprint density at radius 1 is 1.12 bits per heavy atom. The van der Waals surface area contributed by atoms with E-state index in [0.29, 0.717) is 30.5 Å². The lowest BCUT2D eigenvalue weighted by atomic mass is 9.89. The summed E-state index contributed by atoms with van der Waals surface area (Å²) in [6, 6.07) is 14.0. The molecule has 2 atom stereocenters. The number of nitrogens with zero attached hydrogens (tertiary/aromatic N) is 4. The van der Waals surface area contributed by atoms with Crippen molar-refractivity contribution in [1.29, 1.82) is 0 Å². The molecule has 1 aliphatic heterocycles. The van der Waals surface area contributed by atoms with Gasteiger partial charge in [0.2, 0.25) is 5.89 Å². The number of hydrogen-bond acceptors (Lipinski definition) is 4. The summed E-state index contributed by atoms with van der Waals surface area (Å²) in [4.78, 5) is 19.2. The molecule has 4 rings (SSSR count). The predicted molar refractivity (Wildman–Crippen MR) is 92.3 cm³/mol. The highest BCUT2D eigenvalue weighted by Crippen LogP contribution is 2.39. The summed E-state index contributed by atoms with van der Waals surface area (Å²) >= 11 is 0. The van der Waals surface area contributed by atoms with E-state index in [1.54, 1.807) is 0 Å². The molecule has 0 bridgehead atoms. The van der Waals surface area contributed by atoms with E-state index in [1.807, 2.05) is 60.0 Å². The minimum absolute atomic E-state index is 0.00724. The molecule has 6 nitrogen and oxygen atoms in total. The smallest absolute Gasteiger partial charge is 0.270 e. The number of amides is 1. The van der Waals surface area contributed by atoms with Gasteiger partial charge in [-0.15, -0.1) is 0 Å². The minimum Gasteiger partial charge on any atom is -0.347 e. The van der Waals surface area contributed by atoms with Crippen LogP contribution in [0.4, 0.5) is 0 Å². The molecule has 2 aromatic heterocycles. The van der Waals surface area contributed by atoms with Crippen molar-refractivity contribution in [1.82, 2.24) is 19.6 Å². The largest absolute Gasteiger partial charge is 0.347 e. The van der Waals surface area contributed by atoms with Gasteiger partial charge in [0.15, 0.2) is 5.82 Å². The van der Waals surface area contributed by atoms with Crippen molar-refractivity contribution >= 4 is 5.91 Å². The average molecular weight is 336 g/mol. The van der Waals surface area contributed by atoms with Gasteiger partial charge in [0.25, 0.3) is 5.91 Å². The van der Waals surface area contributed by atoms with E-state index in [0.717, 1.165) is 0 Å². The van der Waals surface area contributed by atoms with Crippen LogP contribution in [0.2, 0.25) is 0 Å². The first-order valence-electron chi connectivity index (χ1n) is 8.39. The lowest BCUT2D eigenvalue weighted by Crippen LogP contribution is -2.30. The molecule has 1 saturated heterocycles. The van der Waals surface area contributed by atoms with Crippen molar-refractivity contribution < 1.29 is 9.32 Å². The number of hydrogen-bond donors (Lipinski definition) is 0. The third-order valence-corrected chi connectivity index (χ3v) is 4.86. The quantitative estimate of drug-likeness (QED) is 0.738. The Morgan fingerprint density at radius 2 is 1.88 bits per heavy atom. The fraction of sp³-hybridized carbons (Fsp3) is 0.316. The Balaban J connectivity index is 1.67. The highest BCUT2D eigenvalue weighted by Gasteiger charge is 2.40. The van der Waals surface area contributed by atoms with E-state index >= 15 is 0 Å². The van der Waals surface area contributed by atoms with E-state index in [-0.39, 0.29) is 17.7 Å². The van der Waals surface area contributed by atoms with Crippen molar-refractivity contribution in [3.63, 3.8) is 0 Å². The molecule has 0 unspecified atom stereocenters. The van der Waals surface area contributed by atoms with Crippen molar-refractivity contribution in [3.8, 4) is 0 Å². The van der Waals surface area contributed by atoms with Crippen LogP contribution in [0.1, 0.15) is 39.6 Å². The van der Waals surface area contributed by atoms with Gasteiger partial charge in [0, 0.05) is 32.3 Å². The van der Waals surface area contributed by atoms with Crippen molar-refractivity contribution in [3.05, 3.63) is 71.6 Å². The summed E-state index contributed by atoms with van der Waals surface area (Å²) < 4.78 is 7.29. The van der Waals surface area contributed by atoms with Crippen LogP contribution in [0.5, 0.6) is 0 Å². The van der Waals surface area contributed by atoms with Crippen LogP contribution in [0.3, 0.4) is 0 Å². The number of carbonyl (C=O) groups excluding carboxylic acids is 1. The first-order valence-corrected chi connectivity index (χ1v) is 8.39. The minimum atomic E-state index is 0.00724. The van der Waals surface area contributed by atoms with E-state index in [4.69, 9.17) is 4.52 Å². The predicted octanol–water partition coefficient (Wildman–Crippen LogP) is 2.74. The average Bonchev–Trinajstić information content (AvgIpc) is 3.34. The Kier molecular flexibility index (Phi) is 3.87. The first kappa shape index (κ1) is 15.6. The zero-order valence-corrected chi connectivity index (χ0v) is 14.3. The topological polar surface area (TPSA) is 64.2 Å². The molecule has 0 aliphatic carbocycles. The van der Waals surface area contributed by atoms with E-state index in [9.17, 15) is 4.79 Å². The summed E-state index contributed by atoms with van der Waals surface area (Å²) in [7, 11) is 1.89. The van der Waals surface area contributed by atoms with Crippen LogP contribution in [0, 0.1) is 6.92 Å². The van der Waals surface area contributed by atoms with Crippen molar-refractivity contribution in [2.24, 2.45) is 7.05 Å². The molecule has 3 aromatic rings. The van der Waals surface area contributed by atoms with E-state index < -0.39 is 0 Å². The summed E-state index contributed by atoms with van der Waals surface area (Å²) in [5, 5.41) is 3.93. The molecule has 25 heavy (non-hydrogen) atoms. The maximum Gasteiger partial charge on any atom is 0.270 e. The molecular formula is C19H20N4O2.